The van der Waals surface area contributed by atoms with E-state index in [1.165, 1.54) is 22.0 Å². The largest absolute Gasteiger partial charge is 0.298 e. The maximum Gasteiger partial charge on any atom is 0.269 e. The van der Waals surface area contributed by atoms with Gasteiger partial charge in [0.1, 0.15) is 0 Å². The van der Waals surface area contributed by atoms with E-state index in [2.05, 4.69) is 16.9 Å². The van der Waals surface area contributed by atoms with Gasteiger partial charge >= 0.3 is 0 Å². The Morgan fingerprint density at radius 1 is 1.00 bits per heavy atom. The molecule has 0 radical (unpaired) electrons. The second-order valence-corrected chi connectivity index (χ2v) is 8.64. The molecule has 2 N–H and O–H groups in total. The van der Waals surface area contributed by atoms with E-state index in [0.717, 1.165) is 30.5 Å². The smallest absolute Gasteiger partial charge is 0.269 e. The lowest BCUT2D eigenvalue weighted by Crippen LogP contribution is -2.36. The number of rotatable bonds is 5. The fourth-order valence-corrected chi connectivity index (χ4v) is 5.04. The Morgan fingerprint density at radius 2 is 1.78 bits per heavy atom. The molecule has 1 aliphatic heterocycles. The van der Waals surface area contributed by atoms with Crippen molar-refractivity contribution < 1.29 is 13.2 Å². The van der Waals surface area contributed by atoms with Crippen molar-refractivity contribution in [1.29, 1.82) is 0 Å². The van der Waals surface area contributed by atoms with Crippen molar-refractivity contribution in [3.8, 4) is 0 Å². The van der Waals surface area contributed by atoms with Crippen LogP contribution in [0.25, 0.3) is 5.70 Å². The third-order valence-corrected chi connectivity index (χ3v) is 6.84. The molecule has 2 aromatic rings. The molecular weight excluding hydrogens is 362 g/mol. The first-order chi connectivity index (χ1) is 13.1. The first-order valence-corrected chi connectivity index (χ1v) is 10.4. The van der Waals surface area contributed by atoms with Gasteiger partial charge in [0, 0.05) is 24.2 Å². The molecule has 27 heavy (non-hydrogen) atoms. The Bertz CT molecular complexity index is 1010. The van der Waals surface area contributed by atoms with E-state index in [4.69, 9.17) is 0 Å². The number of allylic oxidation sites excluding steroid dienone is 1. The molecule has 1 fully saturated rings. The van der Waals surface area contributed by atoms with E-state index < -0.39 is 10.0 Å². The predicted octanol–water partition coefficient (Wildman–Crippen LogP) is 2.30. The molecule has 0 aromatic heterocycles. The van der Waals surface area contributed by atoms with Gasteiger partial charge < -0.3 is 0 Å². The molecule has 0 bridgehead atoms. The Balaban J connectivity index is 1.47. The highest BCUT2D eigenvalue weighted by atomic mass is 32.2. The Morgan fingerprint density at radius 3 is 2.59 bits per heavy atom. The minimum atomic E-state index is -3.54. The van der Waals surface area contributed by atoms with Gasteiger partial charge in [0.25, 0.3) is 5.91 Å². The number of sulfonamides is 1. The van der Waals surface area contributed by atoms with Crippen LogP contribution < -0.4 is 10.9 Å². The third-order valence-electron chi connectivity index (χ3n) is 4.94. The number of hydrazine groups is 1. The quantitative estimate of drug-likeness (QED) is 0.777. The second kappa shape index (κ2) is 7.17. The Hall–Kier alpha value is -2.64. The van der Waals surface area contributed by atoms with Gasteiger partial charge in [-0.25, -0.2) is 8.42 Å². The van der Waals surface area contributed by atoms with E-state index in [0.29, 0.717) is 18.7 Å². The summed E-state index contributed by atoms with van der Waals surface area (Å²) >= 11 is 0. The van der Waals surface area contributed by atoms with Crippen molar-refractivity contribution >= 4 is 21.6 Å². The summed E-state index contributed by atoms with van der Waals surface area (Å²) in [6.07, 6.45) is 4.58. The molecule has 1 heterocycles. The molecule has 0 saturated carbocycles. The number of hydrogen-bond donors (Lipinski definition) is 2. The van der Waals surface area contributed by atoms with Gasteiger partial charge in [-0.3, -0.25) is 15.6 Å². The molecule has 140 valence electrons. The molecule has 1 saturated heterocycles. The third kappa shape index (κ3) is 3.48. The number of hydrogen-bond acceptors (Lipinski definition) is 4. The van der Waals surface area contributed by atoms with E-state index in [1.54, 1.807) is 12.1 Å². The van der Waals surface area contributed by atoms with Crippen LogP contribution in [-0.4, -0.2) is 31.7 Å². The second-order valence-electron chi connectivity index (χ2n) is 6.70. The molecule has 2 aliphatic rings. The molecule has 7 heteroatoms. The van der Waals surface area contributed by atoms with Crippen LogP contribution in [0.5, 0.6) is 0 Å². The van der Waals surface area contributed by atoms with Crippen LogP contribution in [0.15, 0.2) is 59.5 Å². The highest BCUT2D eigenvalue weighted by Gasteiger charge is 2.27. The zero-order valence-electron chi connectivity index (χ0n) is 14.8. The zero-order chi connectivity index (χ0) is 18.9. The van der Waals surface area contributed by atoms with Gasteiger partial charge in [0.2, 0.25) is 10.0 Å². The minimum absolute atomic E-state index is 0.155. The fourth-order valence-electron chi connectivity index (χ4n) is 3.47. The summed E-state index contributed by atoms with van der Waals surface area (Å²) in [6.45, 7) is 1.07. The summed E-state index contributed by atoms with van der Waals surface area (Å²) < 4.78 is 26.8. The van der Waals surface area contributed by atoms with Crippen molar-refractivity contribution in [2.75, 3.05) is 13.1 Å². The molecule has 0 atom stereocenters. The number of carbonyl (C=O) groups is 1. The average molecular weight is 383 g/mol. The van der Waals surface area contributed by atoms with Crippen molar-refractivity contribution in [2.24, 2.45) is 0 Å². The monoisotopic (exact) mass is 383 g/mol. The van der Waals surface area contributed by atoms with Crippen LogP contribution in [0.4, 0.5) is 0 Å². The summed E-state index contributed by atoms with van der Waals surface area (Å²) in [5.74, 6) is -0.376. The fraction of sp³-hybridized carbons (Fsp3) is 0.250. The molecular formula is C20H21N3O3S. The van der Waals surface area contributed by atoms with E-state index in [9.17, 15) is 13.2 Å². The van der Waals surface area contributed by atoms with Gasteiger partial charge in [-0.1, -0.05) is 36.4 Å². The zero-order valence-corrected chi connectivity index (χ0v) is 15.6. The number of nitrogens with one attached hydrogen (secondary N) is 2. The van der Waals surface area contributed by atoms with E-state index >= 15 is 0 Å². The SMILES string of the molecule is O=C(NNC1=CCc2ccccc21)c1cccc(S(=O)(=O)N2CCCC2)c1. The molecule has 6 nitrogen and oxygen atoms in total. The maximum atomic E-state index is 12.7. The molecule has 0 unspecified atom stereocenters. The van der Waals surface area contributed by atoms with E-state index in [-0.39, 0.29) is 10.8 Å². The summed E-state index contributed by atoms with van der Waals surface area (Å²) in [4.78, 5) is 12.7. The van der Waals surface area contributed by atoms with Crippen LogP contribution >= 0.6 is 0 Å². The topological polar surface area (TPSA) is 78.5 Å². The summed E-state index contributed by atoms with van der Waals surface area (Å²) in [5, 5.41) is 0. The van der Waals surface area contributed by atoms with Gasteiger partial charge in [-0.15, -0.1) is 0 Å². The predicted molar refractivity (Wildman–Crippen MR) is 103 cm³/mol. The lowest BCUT2D eigenvalue weighted by atomic mass is 10.1. The first-order valence-electron chi connectivity index (χ1n) is 9.01. The van der Waals surface area contributed by atoms with E-state index in [1.807, 2.05) is 24.3 Å². The summed E-state index contributed by atoms with van der Waals surface area (Å²) in [5.41, 5.74) is 9.02. The van der Waals surface area contributed by atoms with Crippen molar-refractivity contribution in [3.05, 3.63) is 71.3 Å². The number of carbonyl (C=O) groups excluding carboxylic acids is 1. The minimum Gasteiger partial charge on any atom is -0.298 e. The van der Waals surface area contributed by atoms with Gasteiger partial charge in [-0.2, -0.15) is 4.31 Å². The highest BCUT2D eigenvalue weighted by Crippen LogP contribution is 2.24. The number of benzene rings is 2. The van der Waals surface area contributed by atoms with Crippen LogP contribution in [0.2, 0.25) is 0 Å². The first kappa shape index (κ1) is 17.8. The standard InChI is InChI=1S/C20H21N3O3S/c24-20(22-21-19-11-10-15-6-1-2-9-18(15)19)16-7-5-8-17(14-16)27(25,26)23-12-3-4-13-23/h1-2,5-9,11,14,21H,3-4,10,12-13H2,(H,22,24). The van der Waals surface area contributed by atoms with Crippen LogP contribution in [-0.2, 0) is 16.4 Å². The Kier molecular flexibility index (Phi) is 4.72. The average Bonchev–Trinajstić information content (AvgIpc) is 3.37. The Labute approximate surface area is 158 Å². The van der Waals surface area contributed by atoms with Gasteiger partial charge in [0.15, 0.2) is 0 Å². The van der Waals surface area contributed by atoms with Crippen LogP contribution in [0.3, 0.4) is 0 Å². The van der Waals surface area contributed by atoms with Gasteiger partial charge in [0.05, 0.1) is 10.6 Å². The normalized spacial score (nSPS) is 16.7. The van der Waals surface area contributed by atoms with Crippen LogP contribution in [0.1, 0.15) is 34.3 Å². The number of fused-ring (bicyclic) bond motifs is 1. The molecule has 1 aliphatic carbocycles. The van der Waals surface area contributed by atoms with Crippen molar-refractivity contribution in [3.63, 3.8) is 0 Å². The summed E-state index contributed by atoms with van der Waals surface area (Å²) in [7, 11) is -3.54. The van der Waals surface area contributed by atoms with Gasteiger partial charge in [-0.05, 0) is 43.0 Å². The highest BCUT2D eigenvalue weighted by molar-refractivity contribution is 7.89. The lowest BCUT2D eigenvalue weighted by molar-refractivity contribution is 0.0942. The molecule has 0 spiro atoms. The molecule has 4 rings (SSSR count). The van der Waals surface area contributed by atoms with Crippen molar-refractivity contribution in [1.82, 2.24) is 15.2 Å². The van der Waals surface area contributed by atoms with Crippen molar-refractivity contribution in [2.45, 2.75) is 24.2 Å². The lowest BCUT2D eigenvalue weighted by Gasteiger charge is -2.16. The number of nitrogens with zero attached hydrogens (tertiary/aromatic N) is 1. The van der Waals surface area contributed by atoms with Crippen LogP contribution in [0, 0.1) is 0 Å². The number of amides is 1. The molecule has 1 amide bonds. The summed E-state index contributed by atoms with van der Waals surface area (Å²) in [6, 6.07) is 14.2. The maximum absolute atomic E-state index is 12.7. The molecule has 2 aromatic carbocycles.